The van der Waals surface area contributed by atoms with Gasteiger partial charge in [-0.15, -0.1) is 0 Å². The van der Waals surface area contributed by atoms with Gasteiger partial charge in [0.05, 0.1) is 6.10 Å². The molecule has 4 heterocycles. The van der Waals surface area contributed by atoms with E-state index in [1.807, 2.05) is 16.0 Å². The van der Waals surface area contributed by atoms with E-state index in [9.17, 15) is 19.5 Å². The Kier molecular flexibility index (Phi) is 13.4. The van der Waals surface area contributed by atoms with E-state index >= 15 is 0 Å². The molecule has 0 aromatic carbocycles. The van der Waals surface area contributed by atoms with Crippen molar-refractivity contribution < 1.29 is 19.5 Å². The highest BCUT2D eigenvalue weighted by molar-refractivity contribution is 6.02. The van der Waals surface area contributed by atoms with Gasteiger partial charge >= 0.3 is 0 Å². The molecule has 55 heavy (non-hydrogen) atoms. The predicted octanol–water partition coefficient (Wildman–Crippen LogP) is 6.39. The summed E-state index contributed by atoms with van der Waals surface area (Å²) in [6.45, 7) is 12.6. The minimum atomic E-state index is -0.465. The van der Waals surface area contributed by atoms with E-state index in [2.05, 4.69) is 26.9 Å². The normalized spacial score (nSPS) is 37.5. The molecular formula is C46H75N5O4. The minimum Gasteiger partial charge on any atom is -0.393 e. The molecular weight excluding hydrogens is 687 g/mol. The third kappa shape index (κ3) is 9.25. The third-order valence-electron chi connectivity index (χ3n) is 16.7. The maximum atomic E-state index is 13.3. The van der Waals surface area contributed by atoms with Crippen LogP contribution >= 0.6 is 0 Å². The van der Waals surface area contributed by atoms with Crippen LogP contribution in [0.4, 0.5) is 0 Å². The molecule has 4 aliphatic carbocycles. The Morgan fingerprint density at radius 1 is 0.655 bits per heavy atom. The molecule has 0 aromatic heterocycles. The number of allylic oxidation sites excluding steroid dienone is 2. The van der Waals surface area contributed by atoms with E-state index in [-0.39, 0.29) is 29.7 Å². The van der Waals surface area contributed by atoms with Crippen LogP contribution in [0, 0.1) is 41.4 Å². The van der Waals surface area contributed by atoms with Crippen molar-refractivity contribution in [3.8, 4) is 0 Å². The van der Waals surface area contributed by atoms with Crippen molar-refractivity contribution in [1.82, 2.24) is 24.9 Å². The summed E-state index contributed by atoms with van der Waals surface area (Å²) in [4.78, 5) is 47.4. The van der Waals surface area contributed by atoms with Crippen molar-refractivity contribution in [2.45, 2.75) is 160 Å². The summed E-state index contributed by atoms with van der Waals surface area (Å²) in [5.41, 5.74) is 3.81. The molecule has 4 aliphatic heterocycles. The molecule has 8 fully saturated rings. The lowest BCUT2D eigenvalue weighted by atomic mass is 9.65. The molecule has 9 nitrogen and oxygen atoms in total. The standard InChI is InChI=1S/C46H75N5O4/c1-2-40(34-6-4-3-5-7-34)44(36-12-15-39(52)16-13-36)35-10-8-32(9-11-35)33-20-22-48(23-21-33)24-25-49-26-28-50(29-27-49)38-14-17-41-37(30-38)31-51(46(41)55)42-18-19-43(53)47-45(42)54/h32-39,41-42,52H,2-31H2,1H3,(H,47,53,54)/b44-40+. The number of amides is 3. The third-order valence-corrected chi connectivity index (χ3v) is 16.7. The molecule has 2 N–H and O–H groups in total. The maximum Gasteiger partial charge on any atom is 0.249 e. The van der Waals surface area contributed by atoms with Gasteiger partial charge in [0.2, 0.25) is 17.7 Å². The van der Waals surface area contributed by atoms with Crippen LogP contribution in [0.3, 0.4) is 0 Å². The molecule has 0 radical (unpaired) electrons. The van der Waals surface area contributed by atoms with E-state index in [0.29, 0.717) is 31.3 Å². The number of rotatable bonds is 10. The Hall–Kier alpha value is -1.81. The van der Waals surface area contributed by atoms with Gasteiger partial charge in [-0.05, 0) is 158 Å². The fourth-order valence-corrected chi connectivity index (χ4v) is 13.5. The molecule has 308 valence electrons. The molecule has 4 saturated carbocycles. The number of nitrogens with zero attached hydrogens (tertiary/aromatic N) is 4. The SMILES string of the molecule is CC/C(=C(\C1CCC(O)CC1)C1CCC(C2CCN(CCN3CCN(C4CCC5C(=O)N(C6CCC(=O)NC6=O)CC5C4)CC3)CC2)CC1)C1CCCCC1. The predicted molar refractivity (Wildman–Crippen MR) is 217 cm³/mol. The van der Waals surface area contributed by atoms with Gasteiger partial charge in [-0.1, -0.05) is 37.3 Å². The number of piperidine rings is 2. The van der Waals surface area contributed by atoms with Gasteiger partial charge in [-0.25, -0.2) is 0 Å². The summed E-state index contributed by atoms with van der Waals surface area (Å²) < 4.78 is 0. The molecule has 8 rings (SSSR count). The second-order valence-corrected chi connectivity index (χ2v) is 19.6. The van der Waals surface area contributed by atoms with E-state index in [1.54, 1.807) is 0 Å². The van der Waals surface area contributed by atoms with Crippen LogP contribution in [-0.2, 0) is 14.4 Å². The average Bonchev–Trinajstić information content (AvgIpc) is 3.55. The molecule has 4 atom stereocenters. The second kappa shape index (κ2) is 18.4. The highest BCUT2D eigenvalue weighted by atomic mass is 16.3. The smallest absolute Gasteiger partial charge is 0.249 e. The fraction of sp³-hybridized carbons (Fsp3) is 0.891. The number of carbonyl (C=O) groups excluding carboxylic acids is 3. The zero-order chi connectivity index (χ0) is 37.9. The van der Waals surface area contributed by atoms with Crippen LogP contribution < -0.4 is 5.32 Å². The first-order valence-corrected chi connectivity index (χ1v) is 23.6. The molecule has 4 unspecified atom stereocenters. The topological polar surface area (TPSA) is 96.4 Å². The van der Waals surface area contributed by atoms with Gasteiger partial charge in [-0.2, -0.15) is 0 Å². The summed E-state index contributed by atoms with van der Waals surface area (Å²) in [7, 11) is 0. The van der Waals surface area contributed by atoms with Crippen molar-refractivity contribution in [2.75, 3.05) is 58.9 Å². The highest BCUT2D eigenvalue weighted by Gasteiger charge is 2.49. The van der Waals surface area contributed by atoms with Gasteiger partial charge in [0, 0.05) is 64.2 Å². The Bertz CT molecular complexity index is 1350. The quantitative estimate of drug-likeness (QED) is 0.197. The average molecular weight is 762 g/mol. The Morgan fingerprint density at radius 3 is 1.95 bits per heavy atom. The summed E-state index contributed by atoms with van der Waals surface area (Å²) in [5, 5.41) is 12.8. The van der Waals surface area contributed by atoms with Gasteiger partial charge in [0.25, 0.3) is 0 Å². The number of imide groups is 1. The number of likely N-dealkylation sites (tertiary alicyclic amines) is 2. The first-order valence-electron chi connectivity index (χ1n) is 23.6. The molecule has 0 bridgehead atoms. The fourth-order valence-electron chi connectivity index (χ4n) is 13.5. The summed E-state index contributed by atoms with van der Waals surface area (Å²) >= 11 is 0. The van der Waals surface area contributed by atoms with Gasteiger partial charge in [0.15, 0.2) is 0 Å². The molecule has 3 amide bonds. The van der Waals surface area contributed by atoms with Gasteiger partial charge in [0.1, 0.15) is 6.04 Å². The molecule has 8 aliphatic rings. The number of aliphatic hydroxyl groups is 1. The van der Waals surface area contributed by atoms with E-state index < -0.39 is 6.04 Å². The van der Waals surface area contributed by atoms with Gasteiger partial charge in [-0.3, -0.25) is 29.5 Å². The monoisotopic (exact) mass is 762 g/mol. The number of hydrogen-bond acceptors (Lipinski definition) is 7. The van der Waals surface area contributed by atoms with Crippen molar-refractivity contribution in [2.24, 2.45) is 41.4 Å². The van der Waals surface area contributed by atoms with E-state index in [4.69, 9.17) is 0 Å². The lowest BCUT2D eigenvalue weighted by Crippen LogP contribution is -2.53. The molecule has 4 saturated heterocycles. The Balaban J connectivity index is 0.748. The molecule has 0 spiro atoms. The van der Waals surface area contributed by atoms with Crippen molar-refractivity contribution in [1.29, 1.82) is 0 Å². The number of hydrogen-bond donors (Lipinski definition) is 2. The summed E-state index contributed by atoms with van der Waals surface area (Å²) in [5.74, 6) is 4.28. The first-order chi connectivity index (χ1) is 26.8. The number of fused-ring (bicyclic) bond motifs is 1. The number of piperazine rings is 1. The van der Waals surface area contributed by atoms with Crippen LogP contribution in [-0.4, -0.2) is 120 Å². The summed E-state index contributed by atoms with van der Waals surface area (Å²) in [6, 6.07) is 0.0781. The molecule has 0 aromatic rings. The van der Waals surface area contributed by atoms with Crippen LogP contribution in [0.15, 0.2) is 11.1 Å². The van der Waals surface area contributed by atoms with Crippen LogP contribution in [0.1, 0.15) is 142 Å². The number of nitrogens with one attached hydrogen (secondary N) is 1. The highest BCUT2D eigenvalue weighted by Crippen LogP contribution is 2.48. The zero-order valence-electron chi connectivity index (χ0n) is 34.4. The number of carbonyl (C=O) groups is 3. The van der Waals surface area contributed by atoms with E-state index in [1.165, 1.54) is 116 Å². The maximum absolute atomic E-state index is 13.3. The Morgan fingerprint density at radius 2 is 1.29 bits per heavy atom. The Labute approximate surface area is 332 Å². The number of aliphatic hydroxyl groups excluding tert-OH is 1. The van der Waals surface area contributed by atoms with Crippen LogP contribution in [0.25, 0.3) is 0 Å². The van der Waals surface area contributed by atoms with Crippen LogP contribution in [0.2, 0.25) is 0 Å². The largest absolute Gasteiger partial charge is 0.393 e. The first kappa shape index (κ1) is 40.0. The minimum absolute atomic E-state index is 0.0555. The lowest BCUT2D eigenvalue weighted by molar-refractivity contribution is -0.144. The summed E-state index contributed by atoms with van der Waals surface area (Å²) in [6.07, 6.45) is 25.2. The van der Waals surface area contributed by atoms with E-state index in [0.717, 1.165) is 87.9 Å². The van der Waals surface area contributed by atoms with Crippen molar-refractivity contribution in [3.05, 3.63) is 11.1 Å². The van der Waals surface area contributed by atoms with Crippen LogP contribution in [0.5, 0.6) is 0 Å². The lowest BCUT2D eigenvalue weighted by Gasteiger charge is -2.44. The molecule has 9 heteroatoms. The van der Waals surface area contributed by atoms with Crippen molar-refractivity contribution in [3.63, 3.8) is 0 Å². The zero-order valence-corrected chi connectivity index (χ0v) is 34.4. The van der Waals surface area contributed by atoms with Gasteiger partial charge < -0.3 is 14.9 Å². The van der Waals surface area contributed by atoms with Crippen molar-refractivity contribution >= 4 is 17.7 Å². The second-order valence-electron chi connectivity index (χ2n) is 19.6.